The SMILES string of the molecule is CCC(O)COc1c(-c2ccc(S(N)(=O)=O)cc2)cnn(-c2ccc(F)cc2)c1=O. The molecule has 2 aromatic carbocycles. The summed E-state index contributed by atoms with van der Waals surface area (Å²) in [5, 5.41) is 19.1. The van der Waals surface area contributed by atoms with E-state index in [1.807, 2.05) is 0 Å². The molecule has 0 bridgehead atoms. The molecule has 0 aliphatic carbocycles. The fourth-order valence-electron chi connectivity index (χ4n) is 2.67. The van der Waals surface area contributed by atoms with Crippen molar-refractivity contribution in [2.45, 2.75) is 24.3 Å². The molecule has 0 aliphatic rings. The Hall–Kier alpha value is -3.08. The Labute approximate surface area is 172 Å². The number of halogens is 1. The van der Waals surface area contributed by atoms with Crippen molar-refractivity contribution in [3.8, 4) is 22.6 Å². The molecule has 10 heteroatoms. The largest absolute Gasteiger partial charge is 0.485 e. The maximum Gasteiger partial charge on any atom is 0.314 e. The summed E-state index contributed by atoms with van der Waals surface area (Å²) in [6, 6.07) is 10.8. The number of aromatic nitrogens is 2. The first-order chi connectivity index (χ1) is 14.2. The van der Waals surface area contributed by atoms with Gasteiger partial charge in [0.15, 0.2) is 5.75 Å². The van der Waals surface area contributed by atoms with E-state index in [0.29, 0.717) is 23.2 Å². The lowest BCUT2D eigenvalue weighted by Crippen LogP contribution is -2.26. The molecule has 3 aromatic rings. The zero-order chi connectivity index (χ0) is 21.9. The number of rotatable bonds is 7. The lowest BCUT2D eigenvalue weighted by Gasteiger charge is -2.15. The molecule has 1 heterocycles. The summed E-state index contributed by atoms with van der Waals surface area (Å²) < 4.78 is 42.8. The highest BCUT2D eigenvalue weighted by Crippen LogP contribution is 2.28. The molecule has 0 spiro atoms. The van der Waals surface area contributed by atoms with E-state index in [9.17, 15) is 22.7 Å². The molecule has 30 heavy (non-hydrogen) atoms. The number of aliphatic hydroxyl groups excluding tert-OH is 1. The van der Waals surface area contributed by atoms with E-state index in [0.717, 1.165) is 4.68 Å². The van der Waals surface area contributed by atoms with E-state index in [4.69, 9.17) is 9.88 Å². The van der Waals surface area contributed by atoms with Crippen molar-refractivity contribution < 1.29 is 22.7 Å². The molecule has 8 nitrogen and oxygen atoms in total. The molecule has 1 aromatic heterocycles. The Morgan fingerprint density at radius 1 is 1.17 bits per heavy atom. The van der Waals surface area contributed by atoms with Crippen LogP contribution in [0.4, 0.5) is 4.39 Å². The first-order valence-electron chi connectivity index (χ1n) is 9.03. The Morgan fingerprint density at radius 2 is 1.80 bits per heavy atom. The van der Waals surface area contributed by atoms with Gasteiger partial charge in [-0.3, -0.25) is 4.79 Å². The molecule has 0 saturated carbocycles. The second-order valence-electron chi connectivity index (χ2n) is 6.52. The highest BCUT2D eigenvalue weighted by atomic mass is 32.2. The second-order valence-corrected chi connectivity index (χ2v) is 8.08. The summed E-state index contributed by atoms with van der Waals surface area (Å²) >= 11 is 0. The van der Waals surface area contributed by atoms with Crippen molar-refractivity contribution >= 4 is 10.0 Å². The van der Waals surface area contributed by atoms with Gasteiger partial charge in [-0.1, -0.05) is 19.1 Å². The lowest BCUT2D eigenvalue weighted by atomic mass is 10.1. The number of aliphatic hydroxyl groups is 1. The van der Waals surface area contributed by atoms with E-state index in [2.05, 4.69) is 5.10 Å². The van der Waals surface area contributed by atoms with Crippen LogP contribution in [0.2, 0.25) is 0 Å². The molecule has 3 rings (SSSR count). The van der Waals surface area contributed by atoms with Crippen molar-refractivity contribution in [1.29, 1.82) is 0 Å². The molecule has 0 amide bonds. The zero-order valence-corrected chi connectivity index (χ0v) is 16.8. The van der Waals surface area contributed by atoms with E-state index in [-0.39, 0.29) is 17.3 Å². The maximum atomic E-state index is 13.2. The van der Waals surface area contributed by atoms with Crippen molar-refractivity contribution in [1.82, 2.24) is 9.78 Å². The Balaban J connectivity index is 2.11. The highest BCUT2D eigenvalue weighted by molar-refractivity contribution is 7.89. The summed E-state index contributed by atoms with van der Waals surface area (Å²) in [5.41, 5.74) is 0.498. The molecule has 1 atom stereocenters. The number of hydrogen-bond donors (Lipinski definition) is 2. The number of benzene rings is 2. The fraction of sp³-hybridized carbons (Fsp3) is 0.200. The molecule has 158 valence electrons. The number of primary sulfonamides is 1. The second kappa shape index (κ2) is 8.74. The minimum Gasteiger partial charge on any atom is -0.485 e. The van der Waals surface area contributed by atoms with Crippen LogP contribution in [0.15, 0.2) is 64.4 Å². The smallest absolute Gasteiger partial charge is 0.314 e. The van der Waals surface area contributed by atoms with Gasteiger partial charge in [-0.05, 0) is 48.4 Å². The molecule has 3 N–H and O–H groups in total. The van der Waals surface area contributed by atoms with Crippen molar-refractivity contribution in [2.75, 3.05) is 6.61 Å². The minimum absolute atomic E-state index is 0.0785. The minimum atomic E-state index is -3.87. The quantitative estimate of drug-likeness (QED) is 0.586. The van der Waals surface area contributed by atoms with E-state index < -0.39 is 27.5 Å². The van der Waals surface area contributed by atoms with Gasteiger partial charge in [0, 0.05) is 5.56 Å². The Bertz CT molecular complexity index is 1190. The normalized spacial score (nSPS) is 12.5. The average Bonchev–Trinajstić information content (AvgIpc) is 2.72. The van der Waals surface area contributed by atoms with Crippen LogP contribution in [0.25, 0.3) is 16.8 Å². The number of ether oxygens (including phenoxy) is 1. The summed E-state index contributed by atoms with van der Waals surface area (Å²) in [5.74, 6) is -0.536. The van der Waals surface area contributed by atoms with E-state index >= 15 is 0 Å². The van der Waals surface area contributed by atoms with Gasteiger partial charge in [0.05, 0.1) is 22.9 Å². The molecule has 0 aliphatic heterocycles. The zero-order valence-electron chi connectivity index (χ0n) is 16.0. The van der Waals surface area contributed by atoms with Gasteiger partial charge in [0.1, 0.15) is 12.4 Å². The van der Waals surface area contributed by atoms with Gasteiger partial charge in [-0.2, -0.15) is 9.78 Å². The van der Waals surface area contributed by atoms with Gasteiger partial charge in [-0.25, -0.2) is 17.9 Å². The first kappa shape index (κ1) is 21.6. The third kappa shape index (κ3) is 4.73. The molecule has 1 unspecified atom stereocenters. The lowest BCUT2D eigenvalue weighted by molar-refractivity contribution is 0.103. The summed E-state index contributed by atoms with van der Waals surface area (Å²) in [6.45, 7) is 1.64. The standard InChI is InChI=1S/C20H20FN3O5S/c1-2-16(25)12-29-19-18(13-3-9-17(10-4-13)30(22,27)28)11-23-24(20(19)26)15-7-5-14(21)6-8-15/h3-11,16,25H,2,12H2,1H3,(H2,22,27,28). The van der Waals surface area contributed by atoms with Crippen LogP contribution in [0.5, 0.6) is 5.75 Å². The monoisotopic (exact) mass is 433 g/mol. The van der Waals surface area contributed by atoms with Gasteiger partial charge in [0.2, 0.25) is 10.0 Å². The summed E-state index contributed by atoms with van der Waals surface area (Å²) in [4.78, 5) is 13.0. The van der Waals surface area contributed by atoms with Crippen molar-refractivity contribution in [3.63, 3.8) is 0 Å². The van der Waals surface area contributed by atoms with Crippen LogP contribution in [0.1, 0.15) is 13.3 Å². The first-order valence-corrected chi connectivity index (χ1v) is 10.6. The number of nitrogens with zero attached hydrogens (tertiary/aromatic N) is 2. The van der Waals surface area contributed by atoms with Crippen LogP contribution in [-0.4, -0.2) is 36.0 Å². The van der Waals surface area contributed by atoms with E-state index in [1.54, 1.807) is 6.92 Å². The van der Waals surface area contributed by atoms with Crippen molar-refractivity contribution in [3.05, 3.63) is 70.9 Å². The van der Waals surface area contributed by atoms with E-state index in [1.165, 1.54) is 54.7 Å². The topological polar surface area (TPSA) is 125 Å². The molecular formula is C20H20FN3O5S. The van der Waals surface area contributed by atoms with Gasteiger partial charge in [0.25, 0.3) is 0 Å². The van der Waals surface area contributed by atoms with Crippen LogP contribution in [-0.2, 0) is 10.0 Å². The average molecular weight is 433 g/mol. The maximum absolute atomic E-state index is 13.2. The van der Waals surface area contributed by atoms with Crippen LogP contribution >= 0.6 is 0 Å². The third-order valence-electron chi connectivity index (χ3n) is 4.39. The molecule has 0 fully saturated rings. The predicted molar refractivity (Wildman–Crippen MR) is 108 cm³/mol. The summed E-state index contributed by atoms with van der Waals surface area (Å²) in [7, 11) is -3.87. The number of hydrogen-bond acceptors (Lipinski definition) is 6. The van der Waals surface area contributed by atoms with Gasteiger partial charge >= 0.3 is 5.56 Å². The third-order valence-corrected chi connectivity index (χ3v) is 5.32. The molecular weight excluding hydrogens is 413 g/mol. The van der Waals surface area contributed by atoms with Gasteiger partial charge < -0.3 is 9.84 Å². The fourth-order valence-corrected chi connectivity index (χ4v) is 3.19. The number of nitrogens with two attached hydrogens (primary N) is 1. The van der Waals surface area contributed by atoms with Crippen LogP contribution in [0, 0.1) is 5.82 Å². The van der Waals surface area contributed by atoms with Crippen molar-refractivity contribution in [2.24, 2.45) is 5.14 Å². The summed E-state index contributed by atoms with van der Waals surface area (Å²) in [6.07, 6.45) is 1.02. The Morgan fingerprint density at radius 3 is 2.37 bits per heavy atom. The van der Waals surface area contributed by atoms with Crippen LogP contribution < -0.4 is 15.4 Å². The molecule has 0 saturated heterocycles. The Kier molecular flexibility index (Phi) is 6.30. The van der Waals surface area contributed by atoms with Gasteiger partial charge in [-0.15, -0.1) is 0 Å². The predicted octanol–water partition coefficient (Wildman–Crippen LogP) is 1.84. The van der Waals surface area contributed by atoms with Crippen LogP contribution in [0.3, 0.4) is 0 Å². The molecule has 0 radical (unpaired) electrons. The highest BCUT2D eigenvalue weighted by Gasteiger charge is 2.18. The number of sulfonamides is 1.